The Kier molecular flexibility index (Phi) is 15.8. The van der Waals surface area contributed by atoms with Crippen molar-refractivity contribution in [2.75, 3.05) is 19.8 Å². The maximum absolute atomic E-state index is 5.44. The molecular formula is C15H31O2. The largest absolute Gasteiger partial charge is 0.379 e. The van der Waals surface area contributed by atoms with Crippen LogP contribution >= 0.6 is 0 Å². The second-order valence-electron chi connectivity index (χ2n) is 4.59. The second-order valence-corrected chi connectivity index (χ2v) is 4.59. The van der Waals surface area contributed by atoms with Gasteiger partial charge in [0.2, 0.25) is 0 Å². The molecule has 0 aliphatic rings. The monoisotopic (exact) mass is 243 g/mol. The highest BCUT2D eigenvalue weighted by atomic mass is 16.5. The van der Waals surface area contributed by atoms with Crippen LogP contribution in [0.2, 0.25) is 0 Å². The van der Waals surface area contributed by atoms with E-state index in [-0.39, 0.29) is 0 Å². The summed E-state index contributed by atoms with van der Waals surface area (Å²) in [5.41, 5.74) is 0. The molecule has 0 aromatic rings. The van der Waals surface area contributed by atoms with E-state index in [1.54, 1.807) is 6.61 Å². The van der Waals surface area contributed by atoms with Gasteiger partial charge in [0.25, 0.3) is 0 Å². The Morgan fingerprint density at radius 3 is 2.00 bits per heavy atom. The van der Waals surface area contributed by atoms with Gasteiger partial charge in [0.1, 0.15) is 6.61 Å². The van der Waals surface area contributed by atoms with Gasteiger partial charge in [-0.1, -0.05) is 58.8 Å². The molecule has 0 aromatic carbocycles. The molecule has 0 N–H and O–H groups in total. The summed E-state index contributed by atoms with van der Waals surface area (Å²) in [5.74, 6) is 0. The SMILES string of the molecule is CCCCCCCO[CH]COCCCCCC. The zero-order valence-corrected chi connectivity index (χ0v) is 11.9. The van der Waals surface area contributed by atoms with Crippen molar-refractivity contribution in [3.8, 4) is 0 Å². The van der Waals surface area contributed by atoms with Crippen LogP contribution in [-0.2, 0) is 9.47 Å². The molecule has 0 bridgehead atoms. The van der Waals surface area contributed by atoms with Crippen LogP contribution in [0.4, 0.5) is 0 Å². The quantitative estimate of drug-likeness (QED) is 0.411. The average Bonchev–Trinajstić information content (AvgIpc) is 2.35. The fourth-order valence-electron chi connectivity index (χ4n) is 1.68. The summed E-state index contributed by atoms with van der Waals surface area (Å²) in [6.45, 7) is 8.63. The van der Waals surface area contributed by atoms with Gasteiger partial charge in [-0.15, -0.1) is 0 Å². The fourth-order valence-corrected chi connectivity index (χ4v) is 1.68. The Morgan fingerprint density at radius 2 is 1.29 bits per heavy atom. The smallest absolute Gasteiger partial charge is 0.109 e. The summed E-state index contributed by atoms with van der Waals surface area (Å²) in [7, 11) is 0. The van der Waals surface area contributed by atoms with E-state index in [0.717, 1.165) is 13.2 Å². The van der Waals surface area contributed by atoms with Crippen molar-refractivity contribution in [2.24, 2.45) is 0 Å². The van der Waals surface area contributed by atoms with Crippen molar-refractivity contribution in [1.82, 2.24) is 0 Å². The third kappa shape index (κ3) is 15.9. The molecule has 0 aliphatic heterocycles. The minimum Gasteiger partial charge on any atom is -0.379 e. The van der Waals surface area contributed by atoms with Crippen molar-refractivity contribution < 1.29 is 9.47 Å². The van der Waals surface area contributed by atoms with Gasteiger partial charge in [-0.2, -0.15) is 0 Å². The molecular weight excluding hydrogens is 212 g/mol. The van der Waals surface area contributed by atoms with Crippen LogP contribution < -0.4 is 0 Å². The molecule has 0 aromatic heterocycles. The van der Waals surface area contributed by atoms with Crippen LogP contribution in [0.3, 0.4) is 0 Å². The highest BCUT2D eigenvalue weighted by molar-refractivity contribution is 4.49. The van der Waals surface area contributed by atoms with Gasteiger partial charge < -0.3 is 9.47 Å². The number of unbranched alkanes of at least 4 members (excludes halogenated alkanes) is 7. The molecule has 0 atom stereocenters. The summed E-state index contributed by atoms with van der Waals surface area (Å²) in [6, 6.07) is 0. The predicted octanol–water partition coefficient (Wildman–Crippen LogP) is 4.73. The topological polar surface area (TPSA) is 18.5 Å². The molecule has 0 amide bonds. The highest BCUT2D eigenvalue weighted by Crippen LogP contribution is 2.03. The third-order valence-corrected chi connectivity index (χ3v) is 2.81. The first-order valence-electron chi connectivity index (χ1n) is 7.42. The second kappa shape index (κ2) is 15.9. The molecule has 0 aliphatic carbocycles. The Morgan fingerprint density at radius 1 is 0.706 bits per heavy atom. The summed E-state index contributed by atoms with van der Waals surface area (Å²) in [5, 5.41) is 0. The first-order chi connectivity index (χ1) is 8.41. The van der Waals surface area contributed by atoms with E-state index >= 15 is 0 Å². The Labute approximate surface area is 108 Å². The first kappa shape index (κ1) is 16.9. The van der Waals surface area contributed by atoms with Crippen LogP contribution in [0, 0.1) is 6.61 Å². The zero-order valence-electron chi connectivity index (χ0n) is 11.9. The van der Waals surface area contributed by atoms with Crippen molar-refractivity contribution in [3.63, 3.8) is 0 Å². The number of ether oxygens (including phenoxy) is 2. The lowest BCUT2D eigenvalue weighted by Gasteiger charge is -2.05. The first-order valence-corrected chi connectivity index (χ1v) is 7.42. The van der Waals surface area contributed by atoms with E-state index in [1.807, 2.05) is 0 Å². The third-order valence-electron chi connectivity index (χ3n) is 2.81. The summed E-state index contributed by atoms with van der Waals surface area (Å²) < 4.78 is 10.8. The minimum absolute atomic E-state index is 0.640. The normalized spacial score (nSPS) is 10.9. The molecule has 0 saturated heterocycles. The van der Waals surface area contributed by atoms with Crippen LogP contribution in [0.5, 0.6) is 0 Å². The summed E-state index contributed by atoms with van der Waals surface area (Å²) in [6.07, 6.45) is 11.5. The lowest BCUT2D eigenvalue weighted by molar-refractivity contribution is 0.0866. The maximum atomic E-state index is 5.44. The van der Waals surface area contributed by atoms with Gasteiger partial charge in [0.15, 0.2) is 0 Å². The predicted molar refractivity (Wildman–Crippen MR) is 74.0 cm³/mol. The average molecular weight is 243 g/mol. The summed E-state index contributed by atoms with van der Waals surface area (Å²) >= 11 is 0. The van der Waals surface area contributed by atoms with Crippen molar-refractivity contribution in [1.29, 1.82) is 0 Å². The number of hydrogen-bond acceptors (Lipinski definition) is 2. The molecule has 103 valence electrons. The van der Waals surface area contributed by atoms with Crippen LogP contribution in [-0.4, -0.2) is 19.8 Å². The van der Waals surface area contributed by atoms with Crippen LogP contribution in [0.1, 0.15) is 71.6 Å². The van der Waals surface area contributed by atoms with Gasteiger partial charge in [-0.25, -0.2) is 0 Å². The Hall–Kier alpha value is -0.0800. The van der Waals surface area contributed by atoms with E-state index in [0.29, 0.717) is 6.61 Å². The molecule has 0 fully saturated rings. The van der Waals surface area contributed by atoms with Gasteiger partial charge >= 0.3 is 0 Å². The molecule has 0 saturated carbocycles. The van der Waals surface area contributed by atoms with Crippen molar-refractivity contribution in [2.45, 2.75) is 71.6 Å². The van der Waals surface area contributed by atoms with Gasteiger partial charge in [-0.05, 0) is 12.8 Å². The lowest BCUT2D eigenvalue weighted by Crippen LogP contribution is -2.01. The molecule has 0 heterocycles. The summed E-state index contributed by atoms with van der Waals surface area (Å²) in [4.78, 5) is 0. The van der Waals surface area contributed by atoms with E-state index in [4.69, 9.17) is 9.47 Å². The van der Waals surface area contributed by atoms with Gasteiger partial charge in [-0.3, -0.25) is 0 Å². The van der Waals surface area contributed by atoms with E-state index in [2.05, 4.69) is 13.8 Å². The minimum atomic E-state index is 0.640. The van der Waals surface area contributed by atoms with E-state index < -0.39 is 0 Å². The molecule has 0 unspecified atom stereocenters. The molecule has 0 spiro atoms. The Bertz CT molecular complexity index is 112. The van der Waals surface area contributed by atoms with E-state index in [1.165, 1.54) is 57.8 Å². The zero-order chi connectivity index (χ0) is 12.6. The van der Waals surface area contributed by atoms with E-state index in [9.17, 15) is 0 Å². The number of rotatable bonds is 14. The molecule has 2 heteroatoms. The van der Waals surface area contributed by atoms with Crippen molar-refractivity contribution >= 4 is 0 Å². The standard InChI is InChI=1S/C15H31O2/c1-3-5-7-9-11-13-17-15-14-16-12-10-8-6-4-2/h15H,3-14H2,1-2H3. The highest BCUT2D eigenvalue weighted by Gasteiger charge is 1.92. The number of hydrogen-bond donors (Lipinski definition) is 0. The molecule has 1 radical (unpaired) electrons. The van der Waals surface area contributed by atoms with Gasteiger partial charge in [0.05, 0.1) is 6.61 Å². The van der Waals surface area contributed by atoms with Crippen molar-refractivity contribution in [3.05, 3.63) is 6.61 Å². The Balaban J connectivity index is 2.85. The molecule has 17 heavy (non-hydrogen) atoms. The molecule has 0 rings (SSSR count). The maximum Gasteiger partial charge on any atom is 0.109 e. The van der Waals surface area contributed by atoms with Crippen LogP contribution in [0.25, 0.3) is 0 Å². The van der Waals surface area contributed by atoms with Crippen LogP contribution in [0.15, 0.2) is 0 Å². The van der Waals surface area contributed by atoms with Gasteiger partial charge in [0, 0.05) is 13.2 Å². The fraction of sp³-hybridized carbons (Fsp3) is 0.933. The lowest BCUT2D eigenvalue weighted by atomic mass is 10.2. The molecule has 2 nitrogen and oxygen atoms in total.